The summed E-state index contributed by atoms with van der Waals surface area (Å²) in [5.41, 5.74) is 5.23. The number of hydrogen-bond acceptors (Lipinski definition) is 4. The van der Waals surface area contributed by atoms with Crippen molar-refractivity contribution in [2.45, 2.75) is 13.0 Å². The first-order valence-electron chi connectivity index (χ1n) is 8.99. The summed E-state index contributed by atoms with van der Waals surface area (Å²) in [7, 11) is 1.34. The van der Waals surface area contributed by atoms with Gasteiger partial charge in [-0.05, 0) is 36.2 Å². The van der Waals surface area contributed by atoms with E-state index in [0.29, 0.717) is 22.4 Å². The van der Waals surface area contributed by atoms with Crippen LogP contribution in [0.5, 0.6) is 0 Å². The Labute approximate surface area is 162 Å². The van der Waals surface area contributed by atoms with Crippen LogP contribution in [0.3, 0.4) is 0 Å². The highest BCUT2D eigenvalue weighted by atomic mass is 16.5. The lowest BCUT2D eigenvalue weighted by atomic mass is 9.96. The first kappa shape index (κ1) is 17.9. The molecule has 0 fully saturated rings. The monoisotopic (exact) mass is 372 g/mol. The predicted octanol–water partition coefficient (Wildman–Crippen LogP) is 4.18. The Hall–Kier alpha value is -3.44. The molecule has 5 heteroatoms. The van der Waals surface area contributed by atoms with Gasteiger partial charge >= 0.3 is 5.97 Å². The number of esters is 1. The third kappa shape index (κ3) is 3.17. The van der Waals surface area contributed by atoms with E-state index in [0.717, 1.165) is 16.6 Å². The molecule has 0 saturated heterocycles. The zero-order chi connectivity index (χ0) is 19.7. The molecule has 0 amide bonds. The molecule has 0 aliphatic rings. The van der Waals surface area contributed by atoms with Gasteiger partial charge in [-0.15, -0.1) is 0 Å². The van der Waals surface area contributed by atoms with Gasteiger partial charge in [0.1, 0.15) is 6.10 Å². The molecule has 28 heavy (non-hydrogen) atoms. The fourth-order valence-electron chi connectivity index (χ4n) is 3.37. The Balaban J connectivity index is 1.91. The van der Waals surface area contributed by atoms with E-state index >= 15 is 0 Å². The molecule has 4 rings (SSSR count). The third-order valence-corrected chi connectivity index (χ3v) is 4.76. The maximum Gasteiger partial charge on any atom is 0.337 e. The maximum atomic E-state index is 11.9. The minimum atomic E-state index is -0.944. The van der Waals surface area contributed by atoms with Crippen molar-refractivity contribution >= 4 is 11.5 Å². The number of aliphatic hydroxyl groups excluding tert-OH is 1. The molecular formula is C23H20N2O3. The zero-order valence-corrected chi connectivity index (χ0v) is 15.7. The quantitative estimate of drug-likeness (QED) is 0.546. The predicted molar refractivity (Wildman–Crippen MR) is 107 cm³/mol. The van der Waals surface area contributed by atoms with Gasteiger partial charge in [0.2, 0.25) is 0 Å². The average Bonchev–Trinajstić information content (AvgIpc) is 3.11. The Morgan fingerprint density at radius 2 is 1.86 bits per heavy atom. The van der Waals surface area contributed by atoms with E-state index in [9.17, 15) is 9.90 Å². The van der Waals surface area contributed by atoms with Crippen LogP contribution >= 0.6 is 0 Å². The van der Waals surface area contributed by atoms with Crippen LogP contribution in [0, 0.1) is 6.92 Å². The summed E-state index contributed by atoms with van der Waals surface area (Å²) in [6.07, 6.45) is 0.989. The van der Waals surface area contributed by atoms with Crippen molar-refractivity contribution in [3.05, 3.63) is 95.2 Å². The number of ether oxygens (including phenoxy) is 1. The van der Waals surface area contributed by atoms with E-state index in [1.54, 1.807) is 28.8 Å². The molecule has 1 atom stereocenters. The van der Waals surface area contributed by atoms with Crippen LogP contribution in [0.1, 0.15) is 33.2 Å². The number of aryl methyl sites for hydroxylation is 1. The summed E-state index contributed by atoms with van der Waals surface area (Å²) in [4.78, 5) is 11.9. The van der Waals surface area contributed by atoms with Crippen LogP contribution in [0.4, 0.5) is 0 Å². The van der Waals surface area contributed by atoms with Crippen LogP contribution in [-0.2, 0) is 4.74 Å². The van der Waals surface area contributed by atoms with Crippen LogP contribution in [0.2, 0.25) is 0 Å². The normalized spacial score (nSPS) is 12.1. The maximum absolute atomic E-state index is 11.9. The highest BCUT2D eigenvalue weighted by Gasteiger charge is 2.23. The molecule has 0 saturated carbocycles. The molecule has 5 nitrogen and oxygen atoms in total. The fourth-order valence-corrected chi connectivity index (χ4v) is 3.37. The molecule has 1 unspecified atom stereocenters. The number of nitrogens with zero attached hydrogens (tertiary/aromatic N) is 2. The minimum Gasteiger partial charge on any atom is -0.465 e. The molecule has 0 aliphatic heterocycles. The third-order valence-electron chi connectivity index (χ3n) is 4.76. The van der Waals surface area contributed by atoms with Crippen molar-refractivity contribution in [2.75, 3.05) is 7.11 Å². The molecule has 2 aromatic carbocycles. The number of rotatable bonds is 4. The average molecular weight is 372 g/mol. The Kier molecular flexibility index (Phi) is 4.67. The number of aliphatic hydroxyl groups is 1. The fraction of sp³-hybridized carbons (Fsp3) is 0.130. The minimum absolute atomic E-state index is 0.396. The van der Waals surface area contributed by atoms with Crippen molar-refractivity contribution in [1.29, 1.82) is 0 Å². The van der Waals surface area contributed by atoms with Gasteiger partial charge in [-0.1, -0.05) is 48.5 Å². The molecule has 2 aromatic heterocycles. The zero-order valence-electron chi connectivity index (χ0n) is 15.7. The van der Waals surface area contributed by atoms with Crippen LogP contribution in [0.15, 0.2) is 72.9 Å². The summed E-state index contributed by atoms with van der Waals surface area (Å²) in [6.45, 7) is 2.00. The van der Waals surface area contributed by atoms with Crippen LogP contribution in [0.25, 0.3) is 16.8 Å². The highest BCUT2D eigenvalue weighted by Crippen LogP contribution is 2.35. The van der Waals surface area contributed by atoms with Crippen LogP contribution < -0.4 is 0 Å². The van der Waals surface area contributed by atoms with Gasteiger partial charge in [0.25, 0.3) is 0 Å². The van der Waals surface area contributed by atoms with E-state index < -0.39 is 12.1 Å². The van der Waals surface area contributed by atoms with E-state index in [2.05, 4.69) is 0 Å². The number of fused-ring (bicyclic) bond motifs is 1. The lowest BCUT2D eigenvalue weighted by Gasteiger charge is -2.13. The molecule has 2 heterocycles. The Morgan fingerprint density at radius 1 is 1.07 bits per heavy atom. The Morgan fingerprint density at radius 3 is 2.61 bits per heavy atom. The number of carbonyl (C=O) groups is 1. The number of aromatic nitrogens is 2. The van der Waals surface area contributed by atoms with E-state index in [1.807, 2.05) is 55.6 Å². The smallest absolute Gasteiger partial charge is 0.337 e. The van der Waals surface area contributed by atoms with Crippen molar-refractivity contribution in [3.8, 4) is 11.3 Å². The molecule has 4 aromatic rings. The summed E-state index contributed by atoms with van der Waals surface area (Å²) in [6, 6.07) is 20.6. The summed E-state index contributed by atoms with van der Waals surface area (Å²) >= 11 is 0. The second-order valence-corrected chi connectivity index (χ2v) is 6.68. The number of pyridine rings is 1. The molecule has 140 valence electrons. The van der Waals surface area contributed by atoms with Gasteiger partial charge in [0.05, 0.1) is 23.9 Å². The van der Waals surface area contributed by atoms with Gasteiger partial charge in [-0.25, -0.2) is 9.31 Å². The largest absolute Gasteiger partial charge is 0.465 e. The second kappa shape index (κ2) is 7.29. The number of methoxy groups -OCH3 is 1. The highest BCUT2D eigenvalue weighted by molar-refractivity contribution is 5.89. The topological polar surface area (TPSA) is 63.8 Å². The van der Waals surface area contributed by atoms with Crippen LogP contribution in [-0.4, -0.2) is 27.8 Å². The number of hydrogen-bond donors (Lipinski definition) is 1. The molecular weight excluding hydrogens is 352 g/mol. The first-order chi connectivity index (χ1) is 13.6. The summed E-state index contributed by atoms with van der Waals surface area (Å²) in [5, 5.41) is 16.0. The van der Waals surface area contributed by atoms with Crippen molar-refractivity contribution in [1.82, 2.24) is 9.61 Å². The standard InChI is InChI=1S/C23H20N2O3/c1-15-11-12-19-20(21(24-25(19)14-15)16-7-4-3-5-8-16)22(26)17-9-6-10-18(13-17)23(27)28-2/h3-14,22,26H,1-2H3. The van der Waals surface area contributed by atoms with Gasteiger partial charge < -0.3 is 9.84 Å². The molecule has 1 N–H and O–H groups in total. The summed E-state index contributed by atoms with van der Waals surface area (Å²) < 4.78 is 6.59. The van der Waals surface area contributed by atoms with Crippen molar-refractivity contribution < 1.29 is 14.6 Å². The van der Waals surface area contributed by atoms with E-state index in [4.69, 9.17) is 9.84 Å². The number of benzene rings is 2. The van der Waals surface area contributed by atoms with E-state index in [1.165, 1.54) is 7.11 Å². The van der Waals surface area contributed by atoms with Gasteiger partial charge in [-0.3, -0.25) is 0 Å². The number of carbonyl (C=O) groups excluding carboxylic acids is 1. The van der Waals surface area contributed by atoms with Gasteiger partial charge in [0, 0.05) is 17.3 Å². The lowest BCUT2D eigenvalue weighted by Crippen LogP contribution is -2.05. The second-order valence-electron chi connectivity index (χ2n) is 6.68. The first-order valence-corrected chi connectivity index (χ1v) is 8.99. The summed E-state index contributed by atoms with van der Waals surface area (Å²) in [5.74, 6) is -0.437. The van der Waals surface area contributed by atoms with Gasteiger partial charge in [0.15, 0.2) is 0 Å². The molecule has 0 bridgehead atoms. The molecule has 0 aliphatic carbocycles. The van der Waals surface area contributed by atoms with E-state index in [-0.39, 0.29) is 0 Å². The van der Waals surface area contributed by atoms with Crippen molar-refractivity contribution in [3.63, 3.8) is 0 Å². The lowest BCUT2D eigenvalue weighted by molar-refractivity contribution is 0.0600. The Bertz CT molecular complexity index is 1150. The van der Waals surface area contributed by atoms with Crippen molar-refractivity contribution in [2.24, 2.45) is 0 Å². The SMILES string of the molecule is COC(=O)c1cccc(C(O)c2c(-c3ccccc3)nn3cc(C)ccc23)c1. The van der Waals surface area contributed by atoms with Gasteiger partial charge in [-0.2, -0.15) is 5.10 Å². The molecule has 0 spiro atoms. The molecule has 0 radical (unpaired) electrons.